The highest BCUT2D eigenvalue weighted by atomic mass is 35.5. The zero-order valence-electron chi connectivity index (χ0n) is 14.9. The second-order valence-corrected chi connectivity index (χ2v) is 7.63. The molecule has 2 aliphatic rings. The quantitative estimate of drug-likeness (QED) is 0.711. The Balaban J connectivity index is 1.47. The summed E-state index contributed by atoms with van der Waals surface area (Å²) in [5, 5.41) is 13.9. The van der Waals surface area contributed by atoms with Gasteiger partial charge in [-0.25, -0.2) is 0 Å². The number of likely N-dealkylation sites (tertiary alicyclic amines) is 1. The highest BCUT2D eigenvalue weighted by molar-refractivity contribution is 6.31. The average molecular weight is 385 g/mol. The molecule has 0 radical (unpaired) electrons. The highest BCUT2D eigenvalue weighted by Gasteiger charge is 2.35. The maximum absolute atomic E-state index is 13.2. The Morgan fingerprint density at radius 3 is 3.04 bits per heavy atom. The molecule has 8 heteroatoms. The first-order valence-corrected chi connectivity index (χ1v) is 9.80. The van der Waals surface area contributed by atoms with Crippen LogP contribution in [0.3, 0.4) is 0 Å². The van der Waals surface area contributed by atoms with Gasteiger partial charge in [0.1, 0.15) is 11.5 Å². The molecule has 1 amide bonds. The van der Waals surface area contributed by atoms with Crippen molar-refractivity contribution in [1.82, 2.24) is 30.0 Å². The lowest BCUT2D eigenvalue weighted by Gasteiger charge is -2.24. The van der Waals surface area contributed by atoms with E-state index in [0.717, 1.165) is 68.0 Å². The summed E-state index contributed by atoms with van der Waals surface area (Å²) in [6.45, 7) is 3.41. The maximum Gasteiger partial charge on any atom is 0.270 e. The van der Waals surface area contributed by atoms with E-state index in [0.29, 0.717) is 10.7 Å². The van der Waals surface area contributed by atoms with E-state index in [1.165, 1.54) is 0 Å². The smallest absolute Gasteiger partial charge is 0.270 e. The molecule has 1 fully saturated rings. The van der Waals surface area contributed by atoms with Gasteiger partial charge in [0, 0.05) is 48.5 Å². The molecule has 0 saturated carbocycles. The topological polar surface area (TPSA) is 78.8 Å². The first-order valence-electron chi connectivity index (χ1n) is 9.42. The van der Waals surface area contributed by atoms with Crippen LogP contribution in [0.1, 0.15) is 41.0 Å². The number of aromatic nitrogens is 4. The third kappa shape index (κ3) is 2.91. The first kappa shape index (κ1) is 16.8. The summed E-state index contributed by atoms with van der Waals surface area (Å²) in [6.07, 6.45) is 2.77. The van der Waals surface area contributed by atoms with E-state index in [2.05, 4.69) is 25.1 Å². The lowest BCUT2D eigenvalue weighted by atomic mass is 10.2. The van der Waals surface area contributed by atoms with Gasteiger partial charge in [-0.2, -0.15) is 0 Å². The van der Waals surface area contributed by atoms with E-state index < -0.39 is 0 Å². The monoisotopic (exact) mass is 384 g/mol. The van der Waals surface area contributed by atoms with Crippen LogP contribution in [0.25, 0.3) is 10.9 Å². The van der Waals surface area contributed by atoms with Crippen LogP contribution < -0.4 is 5.32 Å². The number of aromatic amines is 1. The Morgan fingerprint density at radius 2 is 2.11 bits per heavy atom. The average Bonchev–Trinajstić information content (AvgIpc) is 3.35. The molecule has 2 aromatic heterocycles. The minimum Gasteiger partial charge on any atom is -0.350 e. The predicted octanol–water partition coefficient (Wildman–Crippen LogP) is 2.54. The van der Waals surface area contributed by atoms with Crippen molar-refractivity contribution in [3.63, 3.8) is 0 Å². The largest absolute Gasteiger partial charge is 0.350 e. The summed E-state index contributed by atoms with van der Waals surface area (Å²) in [5.41, 5.74) is 1.47. The van der Waals surface area contributed by atoms with Crippen molar-refractivity contribution in [3.05, 3.63) is 46.6 Å². The number of hydrogen-bond donors (Lipinski definition) is 2. The Bertz CT molecular complexity index is 1010. The lowest BCUT2D eigenvalue weighted by Crippen LogP contribution is -2.32. The number of H-pyrrole nitrogens is 1. The first-order chi connectivity index (χ1) is 13.2. The number of benzene rings is 1. The second kappa shape index (κ2) is 6.65. The molecule has 3 aromatic rings. The van der Waals surface area contributed by atoms with Crippen LogP contribution >= 0.6 is 11.6 Å². The summed E-state index contributed by atoms with van der Waals surface area (Å²) in [5.74, 6) is 1.93. The fourth-order valence-electron chi connectivity index (χ4n) is 4.19. The van der Waals surface area contributed by atoms with Crippen LogP contribution in [0.4, 0.5) is 0 Å². The summed E-state index contributed by atoms with van der Waals surface area (Å²) >= 11 is 6.07. The van der Waals surface area contributed by atoms with Crippen molar-refractivity contribution in [2.24, 2.45) is 0 Å². The van der Waals surface area contributed by atoms with Crippen LogP contribution in [-0.2, 0) is 13.0 Å². The molecule has 2 N–H and O–H groups in total. The van der Waals surface area contributed by atoms with Gasteiger partial charge < -0.3 is 19.8 Å². The molecule has 7 nitrogen and oxygen atoms in total. The molecule has 1 aromatic carbocycles. The molecule has 0 spiro atoms. The van der Waals surface area contributed by atoms with Crippen molar-refractivity contribution in [2.75, 3.05) is 19.6 Å². The summed E-state index contributed by atoms with van der Waals surface area (Å²) < 4.78 is 2.20. The van der Waals surface area contributed by atoms with Gasteiger partial charge in [0.15, 0.2) is 5.82 Å². The molecule has 4 heterocycles. The van der Waals surface area contributed by atoms with Gasteiger partial charge >= 0.3 is 0 Å². The van der Waals surface area contributed by atoms with Crippen LogP contribution in [-0.4, -0.2) is 50.2 Å². The van der Waals surface area contributed by atoms with E-state index in [1.807, 2.05) is 29.2 Å². The van der Waals surface area contributed by atoms with Crippen molar-refractivity contribution < 1.29 is 4.79 Å². The van der Waals surface area contributed by atoms with E-state index in [1.54, 1.807) is 0 Å². The summed E-state index contributed by atoms with van der Waals surface area (Å²) in [4.78, 5) is 18.4. The molecular formula is C19H21ClN6O. The molecule has 27 heavy (non-hydrogen) atoms. The van der Waals surface area contributed by atoms with E-state index in [-0.39, 0.29) is 11.9 Å². The number of halogens is 1. The van der Waals surface area contributed by atoms with Gasteiger partial charge in [-0.1, -0.05) is 17.7 Å². The Morgan fingerprint density at radius 1 is 1.19 bits per heavy atom. The van der Waals surface area contributed by atoms with Crippen molar-refractivity contribution in [1.29, 1.82) is 0 Å². The van der Waals surface area contributed by atoms with Crippen LogP contribution in [0.5, 0.6) is 0 Å². The number of nitrogens with one attached hydrogen (secondary N) is 2. The Hall–Kier alpha value is -2.38. The standard InChI is InChI=1S/C19H21ClN6O/c20-13-4-3-12-10-15(22-14(12)11-13)19(27)25-8-1-2-16(25)18-24-23-17-5-6-21-7-9-26(17)18/h3-4,10-11,16,21-22H,1-2,5-9H2/t16-/m1/s1. The SMILES string of the molecule is O=C(c1cc2ccc(Cl)cc2[nH]1)N1CCC[C@@H]1c1nnc2n1CCNCC2. The Labute approximate surface area is 161 Å². The fraction of sp³-hybridized carbons (Fsp3) is 0.421. The lowest BCUT2D eigenvalue weighted by molar-refractivity contribution is 0.0722. The van der Waals surface area contributed by atoms with E-state index in [4.69, 9.17) is 11.6 Å². The van der Waals surface area contributed by atoms with Gasteiger partial charge in [-0.05, 0) is 31.0 Å². The molecule has 5 rings (SSSR count). The third-order valence-corrected chi connectivity index (χ3v) is 5.76. The normalized spacial score (nSPS) is 20.0. The molecule has 0 unspecified atom stereocenters. The number of carbonyl (C=O) groups excluding carboxylic acids is 1. The number of amides is 1. The maximum atomic E-state index is 13.2. The second-order valence-electron chi connectivity index (χ2n) is 7.20. The number of hydrogen-bond acceptors (Lipinski definition) is 4. The third-order valence-electron chi connectivity index (χ3n) is 5.52. The zero-order valence-corrected chi connectivity index (χ0v) is 15.7. The van der Waals surface area contributed by atoms with Gasteiger partial charge in [0.2, 0.25) is 0 Å². The Kier molecular flexibility index (Phi) is 4.13. The minimum atomic E-state index is -0.0214. The van der Waals surface area contributed by atoms with Gasteiger partial charge in [-0.3, -0.25) is 4.79 Å². The summed E-state index contributed by atoms with van der Waals surface area (Å²) in [7, 11) is 0. The fourth-order valence-corrected chi connectivity index (χ4v) is 4.36. The molecular weight excluding hydrogens is 364 g/mol. The van der Waals surface area contributed by atoms with Crippen molar-refractivity contribution in [3.8, 4) is 0 Å². The summed E-state index contributed by atoms with van der Waals surface area (Å²) in [6, 6.07) is 7.49. The number of nitrogens with zero attached hydrogens (tertiary/aromatic N) is 4. The van der Waals surface area contributed by atoms with Crippen LogP contribution in [0.15, 0.2) is 24.3 Å². The molecule has 0 bridgehead atoms. The number of carbonyl (C=O) groups is 1. The van der Waals surface area contributed by atoms with Crippen LogP contribution in [0.2, 0.25) is 5.02 Å². The van der Waals surface area contributed by atoms with Gasteiger partial charge in [0.25, 0.3) is 5.91 Å². The van der Waals surface area contributed by atoms with E-state index >= 15 is 0 Å². The van der Waals surface area contributed by atoms with Crippen molar-refractivity contribution in [2.45, 2.75) is 31.8 Å². The highest BCUT2D eigenvalue weighted by Crippen LogP contribution is 2.33. The minimum absolute atomic E-state index is 0.00826. The van der Waals surface area contributed by atoms with Gasteiger partial charge in [0.05, 0.1) is 6.04 Å². The molecule has 140 valence electrons. The van der Waals surface area contributed by atoms with E-state index in [9.17, 15) is 4.79 Å². The number of rotatable bonds is 2. The number of fused-ring (bicyclic) bond motifs is 2. The molecule has 2 aliphatic heterocycles. The molecule has 1 atom stereocenters. The zero-order chi connectivity index (χ0) is 18.4. The van der Waals surface area contributed by atoms with Gasteiger partial charge in [-0.15, -0.1) is 10.2 Å². The van der Waals surface area contributed by atoms with Crippen molar-refractivity contribution >= 4 is 28.4 Å². The molecule has 1 saturated heterocycles. The molecule has 0 aliphatic carbocycles. The van der Waals surface area contributed by atoms with Crippen LogP contribution in [0, 0.1) is 0 Å². The predicted molar refractivity (Wildman–Crippen MR) is 103 cm³/mol.